The standard InChI is InChI=1S/C18H24N2O3/c1-3-19-9-7-17-15(12-19)14-11-13(18(22)23-2)5-6-16(14)20(17)8-4-10-21/h5-6,11,21H,3-4,7-10,12H2,1-2H3. The molecule has 0 saturated heterocycles. The molecule has 1 aliphatic heterocycles. The van der Waals surface area contributed by atoms with E-state index in [1.54, 1.807) is 0 Å². The summed E-state index contributed by atoms with van der Waals surface area (Å²) >= 11 is 0. The Bertz CT molecular complexity index is 721. The van der Waals surface area contributed by atoms with Crippen LogP contribution in [-0.2, 0) is 24.2 Å². The highest BCUT2D eigenvalue weighted by molar-refractivity contribution is 5.96. The summed E-state index contributed by atoms with van der Waals surface area (Å²) in [7, 11) is 1.41. The zero-order chi connectivity index (χ0) is 16.4. The molecule has 0 spiro atoms. The Morgan fingerprint density at radius 3 is 2.91 bits per heavy atom. The Balaban J connectivity index is 2.13. The van der Waals surface area contributed by atoms with Crippen molar-refractivity contribution in [2.24, 2.45) is 0 Å². The average molecular weight is 316 g/mol. The molecule has 1 aromatic heterocycles. The van der Waals surface area contributed by atoms with Crippen LogP contribution in [0.5, 0.6) is 0 Å². The molecule has 0 fully saturated rings. The third-order valence-corrected chi connectivity index (χ3v) is 4.74. The number of aliphatic hydroxyl groups excluding tert-OH is 1. The van der Waals surface area contributed by atoms with Gasteiger partial charge in [0.15, 0.2) is 0 Å². The summed E-state index contributed by atoms with van der Waals surface area (Å²) in [4.78, 5) is 14.3. The Hall–Kier alpha value is -1.85. The van der Waals surface area contributed by atoms with Crippen molar-refractivity contribution in [3.8, 4) is 0 Å². The number of hydrogen-bond acceptors (Lipinski definition) is 4. The number of aromatic nitrogens is 1. The first kappa shape index (κ1) is 16.0. The molecule has 1 aliphatic rings. The molecule has 23 heavy (non-hydrogen) atoms. The highest BCUT2D eigenvalue weighted by Gasteiger charge is 2.23. The van der Waals surface area contributed by atoms with Crippen LogP contribution in [0.2, 0.25) is 0 Å². The second kappa shape index (κ2) is 6.72. The van der Waals surface area contributed by atoms with Crippen LogP contribution in [0.4, 0.5) is 0 Å². The molecule has 5 heteroatoms. The van der Waals surface area contributed by atoms with Crippen molar-refractivity contribution in [2.45, 2.75) is 32.9 Å². The first-order valence-electron chi connectivity index (χ1n) is 8.25. The molecule has 0 saturated carbocycles. The molecule has 0 bridgehead atoms. The second-order valence-corrected chi connectivity index (χ2v) is 6.00. The van der Waals surface area contributed by atoms with Crippen LogP contribution >= 0.6 is 0 Å². The van der Waals surface area contributed by atoms with Crippen molar-refractivity contribution >= 4 is 16.9 Å². The van der Waals surface area contributed by atoms with Crippen LogP contribution < -0.4 is 0 Å². The van der Waals surface area contributed by atoms with E-state index < -0.39 is 0 Å². The maximum atomic E-state index is 11.9. The monoisotopic (exact) mass is 316 g/mol. The maximum absolute atomic E-state index is 11.9. The van der Waals surface area contributed by atoms with Gasteiger partial charge in [0.25, 0.3) is 0 Å². The number of nitrogens with zero attached hydrogens (tertiary/aromatic N) is 2. The highest BCUT2D eigenvalue weighted by Crippen LogP contribution is 2.32. The van der Waals surface area contributed by atoms with E-state index in [1.807, 2.05) is 18.2 Å². The molecule has 0 unspecified atom stereocenters. The quantitative estimate of drug-likeness (QED) is 0.859. The summed E-state index contributed by atoms with van der Waals surface area (Å²) in [5.41, 5.74) is 4.40. The minimum atomic E-state index is -0.299. The molecular formula is C18H24N2O3. The van der Waals surface area contributed by atoms with E-state index in [0.717, 1.165) is 49.9 Å². The van der Waals surface area contributed by atoms with Crippen LogP contribution in [0.3, 0.4) is 0 Å². The normalized spacial score (nSPS) is 14.9. The Morgan fingerprint density at radius 2 is 2.22 bits per heavy atom. The number of carbonyl (C=O) groups is 1. The largest absolute Gasteiger partial charge is 0.465 e. The number of benzene rings is 1. The first-order chi connectivity index (χ1) is 11.2. The molecule has 1 N–H and O–H groups in total. The van der Waals surface area contributed by atoms with Gasteiger partial charge in [-0.1, -0.05) is 6.92 Å². The maximum Gasteiger partial charge on any atom is 0.337 e. The van der Waals surface area contributed by atoms with E-state index in [9.17, 15) is 9.90 Å². The molecule has 5 nitrogen and oxygen atoms in total. The Kier molecular flexibility index (Phi) is 4.68. The molecule has 2 aromatic rings. The molecule has 124 valence electrons. The predicted molar refractivity (Wildman–Crippen MR) is 89.6 cm³/mol. The number of ether oxygens (including phenoxy) is 1. The van der Waals surface area contributed by atoms with Gasteiger partial charge >= 0.3 is 5.97 Å². The Morgan fingerprint density at radius 1 is 1.39 bits per heavy atom. The van der Waals surface area contributed by atoms with E-state index in [0.29, 0.717) is 5.56 Å². The lowest BCUT2D eigenvalue weighted by atomic mass is 10.0. The van der Waals surface area contributed by atoms with E-state index in [4.69, 9.17) is 4.74 Å². The number of hydrogen-bond donors (Lipinski definition) is 1. The molecular weight excluding hydrogens is 292 g/mol. The van der Waals surface area contributed by atoms with Crippen LogP contribution in [0, 0.1) is 0 Å². The van der Waals surface area contributed by atoms with Crippen LogP contribution in [0.25, 0.3) is 10.9 Å². The van der Waals surface area contributed by atoms with E-state index in [1.165, 1.54) is 18.4 Å². The zero-order valence-electron chi connectivity index (χ0n) is 13.8. The summed E-state index contributed by atoms with van der Waals surface area (Å²) in [6.07, 6.45) is 1.75. The lowest BCUT2D eigenvalue weighted by molar-refractivity contribution is 0.0601. The summed E-state index contributed by atoms with van der Waals surface area (Å²) in [5.74, 6) is -0.299. The van der Waals surface area contributed by atoms with Crippen molar-refractivity contribution in [3.05, 3.63) is 35.0 Å². The second-order valence-electron chi connectivity index (χ2n) is 6.00. The van der Waals surface area contributed by atoms with Gasteiger partial charge in [-0.25, -0.2) is 4.79 Å². The van der Waals surface area contributed by atoms with Gasteiger partial charge in [-0.2, -0.15) is 0 Å². The van der Waals surface area contributed by atoms with E-state index in [-0.39, 0.29) is 12.6 Å². The van der Waals surface area contributed by atoms with E-state index in [2.05, 4.69) is 16.4 Å². The van der Waals surface area contributed by atoms with Crippen molar-refractivity contribution in [2.75, 3.05) is 26.8 Å². The number of rotatable bonds is 5. The number of aryl methyl sites for hydroxylation is 1. The Labute approximate surface area is 136 Å². The minimum absolute atomic E-state index is 0.190. The topological polar surface area (TPSA) is 54.7 Å². The van der Waals surface area contributed by atoms with Crippen molar-refractivity contribution in [1.82, 2.24) is 9.47 Å². The summed E-state index contributed by atoms with van der Waals surface area (Å²) in [6.45, 7) is 6.18. The number of carbonyl (C=O) groups excluding carboxylic acids is 1. The van der Waals surface area contributed by atoms with Gasteiger partial charge in [0.1, 0.15) is 0 Å². The van der Waals surface area contributed by atoms with Crippen LogP contribution in [0.1, 0.15) is 35.0 Å². The number of methoxy groups -OCH3 is 1. The number of fused-ring (bicyclic) bond motifs is 3. The van der Waals surface area contributed by atoms with Gasteiger partial charge in [-0.05, 0) is 36.7 Å². The highest BCUT2D eigenvalue weighted by atomic mass is 16.5. The fourth-order valence-corrected chi connectivity index (χ4v) is 3.50. The smallest absolute Gasteiger partial charge is 0.337 e. The molecule has 3 rings (SSSR count). The zero-order valence-corrected chi connectivity index (χ0v) is 13.8. The van der Waals surface area contributed by atoms with Gasteiger partial charge in [0.2, 0.25) is 0 Å². The van der Waals surface area contributed by atoms with Crippen molar-refractivity contribution in [1.29, 1.82) is 0 Å². The lowest BCUT2D eigenvalue weighted by Gasteiger charge is -2.26. The average Bonchev–Trinajstić information content (AvgIpc) is 2.91. The number of esters is 1. The molecule has 0 amide bonds. The lowest BCUT2D eigenvalue weighted by Crippen LogP contribution is -2.30. The van der Waals surface area contributed by atoms with Gasteiger partial charge in [-0.15, -0.1) is 0 Å². The summed E-state index contributed by atoms with van der Waals surface area (Å²) in [6, 6.07) is 5.79. The third kappa shape index (κ3) is 2.86. The molecule has 0 radical (unpaired) electrons. The third-order valence-electron chi connectivity index (χ3n) is 4.74. The minimum Gasteiger partial charge on any atom is -0.465 e. The number of likely N-dealkylation sites (N-methyl/N-ethyl adjacent to an activating group) is 1. The summed E-state index contributed by atoms with van der Waals surface area (Å²) < 4.78 is 7.17. The molecule has 0 atom stereocenters. The SMILES string of the molecule is CCN1CCc2c(c3cc(C(=O)OC)ccc3n2CCCO)C1. The molecule has 2 heterocycles. The summed E-state index contributed by atoms with van der Waals surface area (Å²) in [5, 5.41) is 10.3. The fourth-order valence-electron chi connectivity index (χ4n) is 3.50. The van der Waals surface area contributed by atoms with Crippen molar-refractivity contribution < 1.29 is 14.6 Å². The van der Waals surface area contributed by atoms with Crippen LogP contribution in [-0.4, -0.2) is 47.3 Å². The predicted octanol–water partition coefficient (Wildman–Crippen LogP) is 2.19. The fraction of sp³-hybridized carbons (Fsp3) is 0.500. The van der Waals surface area contributed by atoms with Gasteiger partial charge < -0.3 is 14.4 Å². The molecule has 0 aliphatic carbocycles. The number of aliphatic hydroxyl groups is 1. The first-order valence-corrected chi connectivity index (χ1v) is 8.25. The van der Waals surface area contributed by atoms with Gasteiger partial charge in [0, 0.05) is 49.3 Å². The van der Waals surface area contributed by atoms with Gasteiger partial charge in [0.05, 0.1) is 12.7 Å². The van der Waals surface area contributed by atoms with Gasteiger partial charge in [-0.3, -0.25) is 4.90 Å². The van der Waals surface area contributed by atoms with Crippen LogP contribution in [0.15, 0.2) is 18.2 Å². The molecule has 1 aromatic carbocycles. The van der Waals surface area contributed by atoms with Crippen molar-refractivity contribution in [3.63, 3.8) is 0 Å². The van der Waals surface area contributed by atoms with E-state index >= 15 is 0 Å².